The van der Waals surface area contributed by atoms with E-state index in [0.29, 0.717) is 37.4 Å². The maximum Gasteiger partial charge on any atom is 0.253 e. The molecular formula is C21H25N3O4S. The molecule has 0 bridgehead atoms. The lowest BCUT2D eigenvalue weighted by atomic mass is 10.1. The van der Waals surface area contributed by atoms with Gasteiger partial charge in [-0.3, -0.25) is 13.9 Å². The number of carbonyl (C=O) groups excluding carboxylic acids is 2. The molecule has 2 amide bonds. The van der Waals surface area contributed by atoms with Gasteiger partial charge in [-0.2, -0.15) is 0 Å². The van der Waals surface area contributed by atoms with E-state index in [4.69, 9.17) is 0 Å². The van der Waals surface area contributed by atoms with Crippen molar-refractivity contribution in [2.24, 2.45) is 0 Å². The van der Waals surface area contributed by atoms with Gasteiger partial charge in [0.05, 0.1) is 18.5 Å². The Bertz CT molecular complexity index is 981. The molecule has 0 radical (unpaired) electrons. The van der Waals surface area contributed by atoms with Gasteiger partial charge in [0, 0.05) is 31.7 Å². The van der Waals surface area contributed by atoms with Crippen LogP contribution in [0.5, 0.6) is 0 Å². The highest BCUT2D eigenvalue weighted by molar-refractivity contribution is 7.92. The zero-order chi connectivity index (χ0) is 21.0. The minimum Gasteiger partial charge on any atom is -0.342 e. The van der Waals surface area contributed by atoms with E-state index < -0.39 is 10.0 Å². The molecule has 0 aromatic heterocycles. The van der Waals surface area contributed by atoms with E-state index in [1.54, 1.807) is 40.1 Å². The van der Waals surface area contributed by atoms with Gasteiger partial charge in [-0.15, -0.1) is 0 Å². The van der Waals surface area contributed by atoms with E-state index in [1.165, 1.54) is 10.6 Å². The van der Waals surface area contributed by atoms with Gasteiger partial charge in [-0.05, 0) is 42.3 Å². The number of piperazine rings is 1. The van der Waals surface area contributed by atoms with E-state index in [2.05, 4.69) is 0 Å². The normalized spacial score (nSPS) is 14.6. The van der Waals surface area contributed by atoms with Gasteiger partial charge in [0.1, 0.15) is 0 Å². The van der Waals surface area contributed by atoms with E-state index in [-0.39, 0.29) is 12.5 Å². The molecule has 0 aliphatic carbocycles. The number of aryl methyl sites for hydroxylation is 1. The van der Waals surface area contributed by atoms with Crippen molar-refractivity contribution in [3.05, 3.63) is 65.2 Å². The summed E-state index contributed by atoms with van der Waals surface area (Å²) in [5.74, 6) is -0.0826. The third-order valence-corrected chi connectivity index (χ3v) is 6.11. The fourth-order valence-corrected chi connectivity index (χ4v) is 4.19. The number of hydrogen-bond donors (Lipinski definition) is 0. The Morgan fingerprint density at radius 2 is 1.72 bits per heavy atom. The number of amides is 2. The van der Waals surface area contributed by atoms with Crippen molar-refractivity contribution in [2.45, 2.75) is 13.5 Å². The summed E-state index contributed by atoms with van der Waals surface area (Å²) >= 11 is 0. The van der Waals surface area contributed by atoms with E-state index in [0.717, 1.165) is 17.5 Å². The topological polar surface area (TPSA) is 78.0 Å². The highest BCUT2D eigenvalue weighted by Crippen LogP contribution is 2.22. The van der Waals surface area contributed by atoms with Crippen molar-refractivity contribution in [2.75, 3.05) is 36.7 Å². The Balaban J connectivity index is 1.73. The maximum atomic E-state index is 12.7. The summed E-state index contributed by atoms with van der Waals surface area (Å²) < 4.78 is 26.0. The summed E-state index contributed by atoms with van der Waals surface area (Å²) in [6.07, 6.45) is 1.99. The van der Waals surface area contributed by atoms with Crippen molar-refractivity contribution in [3.63, 3.8) is 0 Å². The van der Waals surface area contributed by atoms with Gasteiger partial charge in [0.25, 0.3) is 5.91 Å². The van der Waals surface area contributed by atoms with Gasteiger partial charge in [-0.1, -0.05) is 24.3 Å². The smallest absolute Gasteiger partial charge is 0.253 e. The summed E-state index contributed by atoms with van der Waals surface area (Å²) in [6.45, 7) is 4.19. The second-order valence-corrected chi connectivity index (χ2v) is 9.15. The number of benzene rings is 2. The molecule has 154 valence electrons. The Morgan fingerprint density at radius 3 is 2.28 bits per heavy atom. The average molecular weight is 416 g/mol. The molecule has 1 saturated heterocycles. The van der Waals surface area contributed by atoms with Crippen molar-refractivity contribution in [3.8, 4) is 0 Å². The van der Waals surface area contributed by atoms with Crippen molar-refractivity contribution in [1.29, 1.82) is 0 Å². The fourth-order valence-electron chi connectivity index (χ4n) is 3.31. The third kappa shape index (κ3) is 5.14. The molecule has 0 atom stereocenters. The lowest BCUT2D eigenvalue weighted by Gasteiger charge is -2.32. The molecule has 1 aliphatic rings. The molecule has 2 aromatic carbocycles. The quantitative estimate of drug-likeness (QED) is 0.675. The molecule has 1 heterocycles. The summed E-state index contributed by atoms with van der Waals surface area (Å²) in [5.41, 5.74) is 2.93. The molecule has 0 unspecified atom stereocenters. The molecule has 7 nitrogen and oxygen atoms in total. The monoisotopic (exact) mass is 415 g/mol. The van der Waals surface area contributed by atoms with Crippen molar-refractivity contribution < 1.29 is 18.0 Å². The summed E-state index contributed by atoms with van der Waals surface area (Å²) in [5, 5.41) is 0. The second kappa shape index (κ2) is 8.65. The predicted octanol–water partition coefficient (Wildman–Crippen LogP) is 1.88. The van der Waals surface area contributed by atoms with Crippen molar-refractivity contribution in [1.82, 2.24) is 9.80 Å². The van der Waals surface area contributed by atoms with Crippen LogP contribution in [0.1, 0.15) is 21.5 Å². The maximum absolute atomic E-state index is 12.7. The zero-order valence-corrected chi connectivity index (χ0v) is 17.4. The van der Waals surface area contributed by atoms with Crippen LogP contribution in [0.3, 0.4) is 0 Å². The molecule has 29 heavy (non-hydrogen) atoms. The van der Waals surface area contributed by atoms with Crippen LogP contribution in [-0.4, -0.2) is 63.0 Å². The SMILES string of the molecule is Cc1cccc(N(Cc2ccc(C(=O)N3CCN(C=O)CC3)cc2)S(C)(=O)=O)c1. The van der Waals surface area contributed by atoms with Gasteiger partial charge >= 0.3 is 0 Å². The van der Waals surface area contributed by atoms with Crippen LogP contribution in [-0.2, 0) is 21.4 Å². The highest BCUT2D eigenvalue weighted by atomic mass is 32.2. The lowest BCUT2D eigenvalue weighted by Crippen LogP contribution is -2.48. The molecule has 0 N–H and O–H groups in total. The number of rotatable bonds is 6. The van der Waals surface area contributed by atoms with Crippen LogP contribution in [0.4, 0.5) is 5.69 Å². The first-order valence-corrected chi connectivity index (χ1v) is 11.2. The summed E-state index contributed by atoms with van der Waals surface area (Å²) in [4.78, 5) is 26.8. The number of anilines is 1. The van der Waals surface area contributed by atoms with Crippen LogP contribution in [0.15, 0.2) is 48.5 Å². The Kier molecular flexibility index (Phi) is 6.22. The zero-order valence-electron chi connectivity index (χ0n) is 16.6. The fraction of sp³-hybridized carbons (Fsp3) is 0.333. The lowest BCUT2D eigenvalue weighted by molar-refractivity contribution is -0.119. The summed E-state index contributed by atoms with van der Waals surface area (Å²) in [7, 11) is -3.46. The number of hydrogen-bond acceptors (Lipinski definition) is 4. The summed E-state index contributed by atoms with van der Waals surface area (Å²) in [6, 6.07) is 14.4. The van der Waals surface area contributed by atoms with Crippen molar-refractivity contribution >= 4 is 28.0 Å². The highest BCUT2D eigenvalue weighted by Gasteiger charge is 2.22. The number of nitrogens with zero attached hydrogens (tertiary/aromatic N) is 3. The van der Waals surface area contributed by atoms with Crippen LogP contribution in [0.25, 0.3) is 0 Å². The molecular weight excluding hydrogens is 390 g/mol. The Morgan fingerprint density at radius 1 is 1.07 bits per heavy atom. The molecule has 0 saturated carbocycles. The van der Waals surface area contributed by atoms with E-state index >= 15 is 0 Å². The molecule has 1 aliphatic heterocycles. The minimum absolute atomic E-state index is 0.0826. The van der Waals surface area contributed by atoms with Crippen LogP contribution in [0, 0.1) is 6.92 Å². The predicted molar refractivity (Wildman–Crippen MR) is 112 cm³/mol. The molecule has 3 rings (SSSR count). The van der Waals surface area contributed by atoms with Crippen LogP contribution < -0.4 is 4.31 Å². The van der Waals surface area contributed by atoms with Gasteiger partial charge < -0.3 is 9.80 Å². The first-order chi connectivity index (χ1) is 13.8. The molecule has 8 heteroatoms. The van der Waals surface area contributed by atoms with Gasteiger partial charge in [-0.25, -0.2) is 8.42 Å². The molecule has 0 spiro atoms. The number of carbonyl (C=O) groups is 2. The molecule has 1 fully saturated rings. The average Bonchev–Trinajstić information content (AvgIpc) is 2.71. The largest absolute Gasteiger partial charge is 0.342 e. The van der Waals surface area contributed by atoms with E-state index in [9.17, 15) is 18.0 Å². The Hall–Kier alpha value is -2.87. The van der Waals surface area contributed by atoms with E-state index in [1.807, 2.05) is 25.1 Å². The van der Waals surface area contributed by atoms with Crippen LogP contribution in [0.2, 0.25) is 0 Å². The minimum atomic E-state index is -3.46. The standard InChI is InChI=1S/C21H25N3O4S/c1-17-4-3-5-20(14-17)24(29(2,27)28)15-18-6-8-19(9-7-18)21(26)23-12-10-22(16-25)11-13-23/h3-9,14,16H,10-13,15H2,1-2H3. The first kappa shape index (κ1) is 20.9. The van der Waals surface area contributed by atoms with Crippen LogP contribution >= 0.6 is 0 Å². The first-order valence-electron chi connectivity index (χ1n) is 9.40. The van der Waals surface area contributed by atoms with Gasteiger partial charge in [0.15, 0.2) is 0 Å². The molecule has 2 aromatic rings. The Labute approximate surface area is 171 Å². The number of sulfonamides is 1. The second-order valence-electron chi connectivity index (χ2n) is 7.24. The van der Waals surface area contributed by atoms with Gasteiger partial charge in [0.2, 0.25) is 16.4 Å². The third-order valence-electron chi connectivity index (χ3n) is 4.97.